The van der Waals surface area contributed by atoms with Gasteiger partial charge in [0.05, 0.1) is 11.9 Å². The van der Waals surface area contributed by atoms with Crippen molar-refractivity contribution in [3.63, 3.8) is 0 Å². The minimum Gasteiger partial charge on any atom is -0.352 e. The third kappa shape index (κ3) is 8.91. The molecule has 4 rings (SSSR count). The van der Waals surface area contributed by atoms with Crippen molar-refractivity contribution < 1.29 is 18.0 Å². The molecule has 1 atom stereocenters. The van der Waals surface area contributed by atoms with Gasteiger partial charge in [0.15, 0.2) is 0 Å². The number of aryl methyl sites for hydroxylation is 1. The lowest BCUT2D eigenvalue weighted by molar-refractivity contribution is -0.140. The molecule has 1 N–H and O–H groups in total. The van der Waals surface area contributed by atoms with Crippen molar-refractivity contribution in [2.45, 2.75) is 64.1 Å². The molecule has 0 saturated heterocycles. The molecule has 0 heterocycles. The Morgan fingerprint density at radius 2 is 1.61 bits per heavy atom. The normalized spacial score (nSPS) is 14.7. The van der Waals surface area contributed by atoms with Gasteiger partial charge in [-0.25, -0.2) is 8.42 Å². The van der Waals surface area contributed by atoms with Crippen LogP contribution in [-0.4, -0.2) is 50.0 Å². The number of amides is 2. The Hall–Kier alpha value is -3.17. The van der Waals surface area contributed by atoms with Crippen LogP contribution in [0, 0.1) is 6.92 Å². The lowest BCUT2D eigenvalue weighted by atomic mass is 9.94. The monoisotopic (exact) mass is 639 g/mol. The highest BCUT2D eigenvalue weighted by molar-refractivity contribution is 9.10. The van der Waals surface area contributed by atoms with Gasteiger partial charge < -0.3 is 10.2 Å². The van der Waals surface area contributed by atoms with Gasteiger partial charge in [-0.3, -0.25) is 13.9 Å². The zero-order valence-electron chi connectivity index (χ0n) is 23.6. The van der Waals surface area contributed by atoms with Crippen LogP contribution in [0.5, 0.6) is 0 Å². The fourth-order valence-electron chi connectivity index (χ4n) is 5.35. The first kappa shape index (κ1) is 30.8. The van der Waals surface area contributed by atoms with E-state index in [1.54, 1.807) is 29.2 Å². The predicted octanol–water partition coefficient (Wildman–Crippen LogP) is 5.61. The first-order chi connectivity index (χ1) is 19.6. The molecule has 0 aliphatic heterocycles. The van der Waals surface area contributed by atoms with Crippen molar-refractivity contribution in [2.75, 3.05) is 17.1 Å². The quantitative estimate of drug-likeness (QED) is 0.295. The second-order valence-electron chi connectivity index (χ2n) is 10.8. The predicted molar refractivity (Wildman–Crippen MR) is 167 cm³/mol. The van der Waals surface area contributed by atoms with Crippen molar-refractivity contribution >= 4 is 43.5 Å². The molecule has 9 heteroatoms. The Kier molecular flexibility index (Phi) is 10.6. The molecule has 0 unspecified atom stereocenters. The van der Waals surface area contributed by atoms with E-state index < -0.39 is 28.5 Å². The van der Waals surface area contributed by atoms with E-state index >= 15 is 0 Å². The molecule has 1 aliphatic rings. The molecule has 2 amide bonds. The molecule has 1 saturated carbocycles. The highest BCUT2D eigenvalue weighted by atomic mass is 79.9. The Morgan fingerprint density at radius 1 is 0.927 bits per heavy atom. The standard InChI is InChI=1S/C32H38BrN3O4S/c1-24-11-9-14-26(19-24)22-35(31(37)23-36(41(2,39)40)29-18-10-15-27(33)21-29)30(20-25-12-5-3-6-13-25)32(38)34-28-16-7-4-8-17-28/h3,5-6,9-15,18-19,21,28,30H,4,7-8,16-17,20,22-23H2,1-2H3,(H,34,38)/t30-/m0/s1. The average Bonchev–Trinajstić information content (AvgIpc) is 2.94. The van der Waals surface area contributed by atoms with Gasteiger partial charge in [-0.2, -0.15) is 0 Å². The number of hydrogen-bond donors (Lipinski definition) is 1. The van der Waals surface area contributed by atoms with Gasteiger partial charge in [0.2, 0.25) is 21.8 Å². The van der Waals surface area contributed by atoms with E-state index in [1.165, 1.54) is 0 Å². The summed E-state index contributed by atoms with van der Waals surface area (Å²) < 4.78 is 27.6. The molecule has 7 nitrogen and oxygen atoms in total. The van der Waals surface area contributed by atoms with Gasteiger partial charge in [0, 0.05) is 23.5 Å². The number of sulfonamides is 1. The van der Waals surface area contributed by atoms with Gasteiger partial charge in [-0.1, -0.05) is 101 Å². The molecular weight excluding hydrogens is 602 g/mol. The lowest BCUT2D eigenvalue weighted by Gasteiger charge is -2.35. The summed E-state index contributed by atoms with van der Waals surface area (Å²) >= 11 is 3.40. The van der Waals surface area contributed by atoms with Crippen molar-refractivity contribution in [1.29, 1.82) is 0 Å². The lowest BCUT2D eigenvalue weighted by Crippen LogP contribution is -2.55. The second-order valence-corrected chi connectivity index (χ2v) is 13.6. The van der Waals surface area contributed by atoms with Crippen LogP contribution in [0.1, 0.15) is 48.8 Å². The van der Waals surface area contributed by atoms with Crippen LogP contribution in [-0.2, 0) is 32.6 Å². The first-order valence-electron chi connectivity index (χ1n) is 14.0. The molecule has 41 heavy (non-hydrogen) atoms. The highest BCUT2D eigenvalue weighted by Gasteiger charge is 2.34. The summed E-state index contributed by atoms with van der Waals surface area (Å²) in [5, 5.41) is 3.22. The summed E-state index contributed by atoms with van der Waals surface area (Å²) in [5.74, 6) is -0.660. The minimum absolute atomic E-state index is 0.0691. The van der Waals surface area contributed by atoms with Crippen LogP contribution in [0.2, 0.25) is 0 Å². The summed E-state index contributed by atoms with van der Waals surface area (Å²) in [6.07, 6.45) is 6.53. The summed E-state index contributed by atoms with van der Waals surface area (Å²) in [6, 6.07) is 23.5. The number of benzene rings is 3. The number of halogens is 1. The van der Waals surface area contributed by atoms with Crippen LogP contribution >= 0.6 is 15.9 Å². The van der Waals surface area contributed by atoms with E-state index in [0.717, 1.165) is 59.4 Å². The summed E-state index contributed by atoms with van der Waals surface area (Å²) in [5.41, 5.74) is 3.20. The molecule has 218 valence electrons. The van der Waals surface area contributed by atoms with Crippen molar-refractivity contribution in [3.05, 3.63) is 100 Å². The van der Waals surface area contributed by atoms with Crippen LogP contribution in [0.25, 0.3) is 0 Å². The third-order valence-electron chi connectivity index (χ3n) is 7.43. The van der Waals surface area contributed by atoms with E-state index in [-0.39, 0.29) is 18.5 Å². The minimum atomic E-state index is -3.81. The SMILES string of the molecule is Cc1cccc(CN(C(=O)CN(c2cccc(Br)c2)S(C)(=O)=O)[C@@H](Cc2ccccc2)C(=O)NC2CCCCC2)c1. The van der Waals surface area contributed by atoms with Gasteiger partial charge >= 0.3 is 0 Å². The summed E-state index contributed by atoms with van der Waals surface area (Å²) in [4.78, 5) is 29.7. The van der Waals surface area contributed by atoms with Gasteiger partial charge in [-0.15, -0.1) is 0 Å². The molecular formula is C32H38BrN3O4S. The van der Waals surface area contributed by atoms with E-state index in [1.807, 2.05) is 61.5 Å². The largest absolute Gasteiger partial charge is 0.352 e. The Bertz CT molecular complexity index is 1440. The van der Waals surface area contributed by atoms with Crippen LogP contribution in [0.3, 0.4) is 0 Å². The smallest absolute Gasteiger partial charge is 0.244 e. The van der Waals surface area contributed by atoms with Gasteiger partial charge in [0.25, 0.3) is 0 Å². The van der Waals surface area contributed by atoms with E-state index in [2.05, 4.69) is 21.2 Å². The topological polar surface area (TPSA) is 86.8 Å². The van der Waals surface area contributed by atoms with Crippen LogP contribution in [0.4, 0.5) is 5.69 Å². The Labute approximate surface area is 252 Å². The number of nitrogens with zero attached hydrogens (tertiary/aromatic N) is 2. The summed E-state index contributed by atoms with van der Waals surface area (Å²) in [7, 11) is -3.81. The van der Waals surface area contributed by atoms with Crippen LogP contribution in [0.15, 0.2) is 83.3 Å². The molecule has 3 aromatic rings. The Balaban J connectivity index is 1.72. The number of nitrogens with one attached hydrogen (secondary N) is 1. The molecule has 3 aromatic carbocycles. The van der Waals surface area contributed by atoms with E-state index in [9.17, 15) is 18.0 Å². The van der Waals surface area contributed by atoms with E-state index in [4.69, 9.17) is 0 Å². The first-order valence-corrected chi connectivity index (χ1v) is 16.7. The highest BCUT2D eigenvalue weighted by Crippen LogP contribution is 2.24. The van der Waals surface area contributed by atoms with Gasteiger partial charge in [0.1, 0.15) is 12.6 Å². The third-order valence-corrected chi connectivity index (χ3v) is 9.07. The fourth-order valence-corrected chi connectivity index (χ4v) is 6.58. The van der Waals surface area contributed by atoms with E-state index in [0.29, 0.717) is 16.6 Å². The zero-order chi connectivity index (χ0) is 29.4. The number of carbonyl (C=O) groups excluding carboxylic acids is 2. The number of carbonyl (C=O) groups is 2. The molecule has 0 bridgehead atoms. The van der Waals surface area contributed by atoms with Crippen LogP contribution < -0.4 is 9.62 Å². The number of anilines is 1. The number of hydrogen-bond acceptors (Lipinski definition) is 4. The maximum Gasteiger partial charge on any atom is 0.244 e. The van der Waals surface area contributed by atoms with Crippen molar-refractivity contribution in [1.82, 2.24) is 10.2 Å². The molecule has 0 aromatic heterocycles. The molecule has 0 radical (unpaired) electrons. The van der Waals surface area contributed by atoms with Gasteiger partial charge in [-0.05, 0) is 49.1 Å². The zero-order valence-corrected chi connectivity index (χ0v) is 26.0. The molecule has 1 aliphatic carbocycles. The molecule has 0 spiro atoms. The summed E-state index contributed by atoms with van der Waals surface area (Å²) in [6.45, 7) is 1.72. The maximum atomic E-state index is 14.2. The van der Waals surface area contributed by atoms with Crippen molar-refractivity contribution in [3.8, 4) is 0 Å². The second kappa shape index (κ2) is 14.1. The Morgan fingerprint density at radius 3 is 2.27 bits per heavy atom. The average molecular weight is 641 g/mol. The maximum absolute atomic E-state index is 14.2. The van der Waals surface area contributed by atoms with Crippen molar-refractivity contribution in [2.24, 2.45) is 0 Å². The molecule has 1 fully saturated rings. The fraction of sp³-hybridized carbons (Fsp3) is 0.375. The number of rotatable bonds is 11.